The second kappa shape index (κ2) is 7.43. The minimum Gasteiger partial charge on any atom is -0.421 e. The number of ketones is 1. The third kappa shape index (κ3) is 3.52. The molecule has 3 aromatic rings. The Morgan fingerprint density at radius 1 is 1.07 bits per heavy atom. The van der Waals surface area contributed by atoms with Gasteiger partial charge in [0.25, 0.3) is 11.5 Å². The van der Waals surface area contributed by atoms with Crippen LogP contribution in [0.15, 0.2) is 48.5 Å². The molecular formula is C20H17N3O5. The minimum atomic E-state index is -1.08. The van der Waals surface area contributed by atoms with Crippen LogP contribution in [0.25, 0.3) is 5.69 Å². The maximum absolute atomic E-state index is 12.7. The van der Waals surface area contributed by atoms with E-state index in [1.807, 2.05) is 30.3 Å². The Morgan fingerprint density at radius 2 is 1.75 bits per heavy atom. The fraction of sp³-hybridized carbons (Fsp3) is 0.150. The van der Waals surface area contributed by atoms with Crippen molar-refractivity contribution in [1.29, 1.82) is 0 Å². The molecule has 0 aliphatic heterocycles. The Labute approximate surface area is 160 Å². The molecule has 142 valence electrons. The van der Waals surface area contributed by atoms with Gasteiger partial charge in [-0.1, -0.05) is 18.2 Å². The number of benzene rings is 2. The van der Waals surface area contributed by atoms with E-state index in [0.717, 1.165) is 5.69 Å². The van der Waals surface area contributed by atoms with Crippen LogP contribution in [-0.2, 0) is 4.79 Å². The fourth-order valence-electron chi connectivity index (χ4n) is 2.94. The van der Waals surface area contributed by atoms with E-state index in [0.29, 0.717) is 17.0 Å². The van der Waals surface area contributed by atoms with E-state index in [-0.39, 0.29) is 17.0 Å². The number of para-hydroxylation sites is 1. The van der Waals surface area contributed by atoms with Gasteiger partial charge in [0.15, 0.2) is 0 Å². The third-order valence-corrected chi connectivity index (χ3v) is 4.28. The number of hydrogen-bond donors (Lipinski definition) is 0. The second-order valence-electron chi connectivity index (χ2n) is 6.22. The summed E-state index contributed by atoms with van der Waals surface area (Å²) < 4.78 is 6.71. The zero-order valence-electron chi connectivity index (χ0n) is 15.5. The van der Waals surface area contributed by atoms with Gasteiger partial charge in [0, 0.05) is 11.6 Å². The number of aryl methyl sites for hydroxylation is 2. The van der Waals surface area contributed by atoms with Gasteiger partial charge >= 0.3 is 5.97 Å². The molecule has 0 aliphatic rings. The monoisotopic (exact) mass is 379 g/mol. The zero-order valence-corrected chi connectivity index (χ0v) is 15.5. The number of aromatic nitrogens is 2. The van der Waals surface area contributed by atoms with Crippen molar-refractivity contribution in [2.45, 2.75) is 20.8 Å². The Morgan fingerprint density at radius 3 is 2.36 bits per heavy atom. The summed E-state index contributed by atoms with van der Waals surface area (Å²) in [5.74, 6) is -1.84. The Kier molecular flexibility index (Phi) is 5.04. The van der Waals surface area contributed by atoms with Crippen molar-refractivity contribution in [3.63, 3.8) is 0 Å². The maximum atomic E-state index is 12.7. The number of carbonyl (C=O) groups excluding carboxylic acids is 2. The number of rotatable bonds is 5. The fourth-order valence-corrected chi connectivity index (χ4v) is 2.94. The van der Waals surface area contributed by atoms with Crippen molar-refractivity contribution >= 4 is 17.4 Å². The molecule has 3 rings (SSSR count). The van der Waals surface area contributed by atoms with Gasteiger partial charge in [-0.25, -0.2) is 9.48 Å². The highest BCUT2D eigenvalue weighted by atomic mass is 16.6. The molecule has 8 nitrogen and oxygen atoms in total. The largest absolute Gasteiger partial charge is 0.421 e. The molecule has 0 radical (unpaired) electrons. The maximum Gasteiger partial charge on any atom is 0.385 e. The lowest BCUT2D eigenvalue weighted by Gasteiger charge is -2.06. The third-order valence-electron chi connectivity index (χ3n) is 4.28. The first kappa shape index (κ1) is 19.0. The normalized spacial score (nSPS) is 10.5. The lowest BCUT2D eigenvalue weighted by Crippen LogP contribution is -2.22. The Balaban J connectivity index is 1.86. The summed E-state index contributed by atoms with van der Waals surface area (Å²) in [7, 11) is 0. The van der Waals surface area contributed by atoms with Crippen molar-refractivity contribution in [3.8, 4) is 11.4 Å². The second-order valence-corrected chi connectivity index (χ2v) is 6.22. The van der Waals surface area contributed by atoms with Gasteiger partial charge in [-0.3, -0.25) is 14.9 Å². The molecule has 0 amide bonds. The van der Waals surface area contributed by atoms with E-state index in [4.69, 9.17) is 4.74 Å². The zero-order chi connectivity index (χ0) is 20.4. The summed E-state index contributed by atoms with van der Waals surface area (Å²) in [4.78, 5) is 35.4. The molecule has 2 aromatic carbocycles. The average Bonchev–Trinajstić information content (AvgIpc) is 2.95. The van der Waals surface area contributed by atoms with Crippen LogP contribution in [0.5, 0.6) is 5.75 Å². The molecule has 0 spiro atoms. The van der Waals surface area contributed by atoms with E-state index in [1.54, 1.807) is 18.5 Å². The van der Waals surface area contributed by atoms with Crippen molar-refractivity contribution in [1.82, 2.24) is 9.78 Å². The molecule has 28 heavy (non-hydrogen) atoms. The predicted octanol–water partition coefficient (Wildman–Crippen LogP) is 3.49. The van der Waals surface area contributed by atoms with Crippen molar-refractivity contribution in [3.05, 3.63) is 81.2 Å². The summed E-state index contributed by atoms with van der Waals surface area (Å²) in [5.41, 5.74) is 2.09. The lowest BCUT2D eigenvalue weighted by molar-refractivity contribution is -0.385. The van der Waals surface area contributed by atoms with Gasteiger partial charge in [-0.05, 0) is 45.0 Å². The van der Waals surface area contributed by atoms with Crippen LogP contribution in [0.4, 0.5) is 5.69 Å². The van der Waals surface area contributed by atoms with Crippen molar-refractivity contribution in [2.24, 2.45) is 0 Å². The lowest BCUT2D eigenvalue weighted by atomic mass is 10.1. The molecule has 1 heterocycles. The number of hydrogen-bond acceptors (Lipinski definition) is 6. The highest BCUT2D eigenvalue weighted by Crippen LogP contribution is 2.24. The summed E-state index contributed by atoms with van der Waals surface area (Å²) in [6.07, 6.45) is 0. The van der Waals surface area contributed by atoms with E-state index < -0.39 is 16.7 Å². The number of nitro benzene ring substituents is 1. The minimum absolute atomic E-state index is 0.0622. The first-order valence-electron chi connectivity index (χ1n) is 8.42. The molecule has 0 N–H and O–H groups in total. The van der Waals surface area contributed by atoms with Gasteiger partial charge in [0.05, 0.1) is 27.6 Å². The molecule has 0 fully saturated rings. The molecule has 0 atom stereocenters. The van der Waals surface area contributed by atoms with Crippen LogP contribution in [0.1, 0.15) is 27.3 Å². The van der Waals surface area contributed by atoms with Crippen LogP contribution in [0, 0.1) is 30.9 Å². The van der Waals surface area contributed by atoms with Crippen LogP contribution in [0.2, 0.25) is 0 Å². The standard InChI is InChI=1S/C20H17N3O5/c1-12-11-16(9-10-17(12)23(26)27)28-20(25)19(24)18-13(2)21-22(14(18)3)15-7-5-4-6-8-15/h4-11H,1-3H3. The summed E-state index contributed by atoms with van der Waals surface area (Å²) >= 11 is 0. The predicted molar refractivity (Wildman–Crippen MR) is 101 cm³/mol. The van der Waals surface area contributed by atoms with Gasteiger partial charge in [-0.2, -0.15) is 5.10 Å². The van der Waals surface area contributed by atoms with Gasteiger partial charge in [0.1, 0.15) is 5.75 Å². The van der Waals surface area contributed by atoms with Gasteiger partial charge in [-0.15, -0.1) is 0 Å². The van der Waals surface area contributed by atoms with Gasteiger partial charge in [0.2, 0.25) is 0 Å². The molecule has 0 aliphatic carbocycles. The molecule has 0 saturated carbocycles. The Bertz CT molecular complexity index is 1090. The van der Waals surface area contributed by atoms with Gasteiger partial charge < -0.3 is 4.74 Å². The molecule has 1 aromatic heterocycles. The van der Waals surface area contributed by atoms with Crippen molar-refractivity contribution in [2.75, 3.05) is 0 Å². The van der Waals surface area contributed by atoms with E-state index in [2.05, 4.69) is 5.10 Å². The number of esters is 1. The topological polar surface area (TPSA) is 104 Å². The van der Waals surface area contributed by atoms with Crippen LogP contribution in [0.3, 0.4) is 0 Å². The number of nitrogens with zero attached hydrogens (tertiary/aromatic N) is 3. The number of ether oxygens (including phenoxy) is 1. The van der Waals surface area contributed by atoms with Crippen molar-refractivity contribution < 1.29 is 19.2 Å². The smallest absolute Gasteiger partial charge is 0.385 e. The van der Waals surface area contributed by atoms with Crippen LogP contribution in [-0.4, -0.2) is 26.5 Å². The summed E-state index contributed by atoms with van der Waals surface area (Å²) in [5, 5.41) is 15.2. The number of nitro groups is 1. The Hall–Kier alpha value is -3.81. The highest BCUT2D eigenvalue weighted by molar-refractivity contribution is 6.41. The molecule has 0 bridgehead atoms. The number of Topliss-reactive ketones (excluding diaryl/α,β-unsaturated/α-hetero) is 1. The molecule has 0 saturated heterocycles. The summed E-state index contributed by atoms with van der Waals surface area (Å²) in [6.45, 7) is 4.86. The molecule has 8 heteroatoms. The molecule has 0 unspecified atom stereocenters. The van der Waals surface area contributed by atoms with E-state index in [9.17, 15) is 19.7 Å². The van der Waals surface area contributed by atoms with Crippen LogP contribution < -0.4 is 4.74 Å². The van der Waals surface area contributed by atoms with E-state index >= 15 is 0 Å². The number of carbonyl (C=O) groups is 2. The van der Waals surface area contributed by atoms with E-state index in [1.165, 1.54) is 25.1 Å². The quantitative estimate of drug-likeness (QED) is 0.168. The highest BCUT2D eigenvalue weighted by Gasteiger charge is 2.27. The molecular weight excluding hydrogens is 362 g/mol. The first-order chi connectivity index (χ1) is 13.3. The van der Waals surface area contributed by atoms with Crippen LogP contribution >= 0.6 is 0 Å². The summed E-state index contributed by atoms with van der Waals surface area (Å²) in [6, 6.07) is 13.1. The average molecular weight is 379 g/mol. The SMILES string of the molecule is Cc1cc(OC(=O)C(=O)c2c(C)nn(-c3ccccc3)c2C)ccc1[N+](=O)[O-]. The first-order valence-corrected chi connectivity index (χ1v) is 8.42.